The van der Waals surface area contributed by atoms with Gasteiger partial charge in [-0.2, -0.15) is 0 Å². The van der Waals surface area contributed by atoms with Gasteiger partial charge in [0.15, 0.2) is 0 Å². The van der Waals surface area contributed by atoms with Crippen LogP contribution in [0, 0.1) is 6.92 Å². The molecule has 3 heteroatoms. The molecule has 0 unspecified atom stereocenters. The van der Waals surface area contributed by atoms with E-state index in [1.165, 1.54) is 0 Å². The number of ether oxygens (including phenoxy) is 1. The van der Waals surface area contributed by atoms with Crippen LogP contribution in [0.4, 0.5) is 0 Å². The summed E-state index contributed by atoms with van der Waals surface area (Å²) in [5.41, 5.74) is 0. The zero-order valence-electron chi connectivity index (χ0n) is 6.17. The van der Waals surface area contributed by atoms with Gasteiger partial charge in [-0.05, 0) is 13.8 Å². The highest BCUT2D eigenvalue weighted by Gasteiger charge is 1.86. The highest BCUT2D eigenvalue weighted by molar-refractivity contribution is 5.81. The number of carbonyl (C=O) groups is 1. The monoisotopic (exact) mass is 145 g/mol. The number of hydrogen-bond acceptors (Lipinski definition) is 3. The van der Waals surface area contributed by atoms with Crippen molar-refractivity contribution < 1.29 is 14.6 Å². The van der Waals surface area contributed by atoms with Crippen LogP contribution >= 0.6 is 0 Å². The summed E-state index contributed by atoms with van der Waals surface area (Å²) in [6.45, 7) is 8.42. The molecule has 0 aromatic heterocycles. The molecular formula is C7H13O3. The number of aliphatic hydroxyl groups excluding tert-OH is 1. The van der Waals surface area contributed by atoms with Gasteiger partial charge >= 0.3 is 5.97 Å². The molecule has 0 atom stereocenters. The molecule has 1 N–H and O–H groups in total. The van der Waals surface area contributed by atoms with Crippen molar-refractivity contribution in [3.63, 3.8) is 0 Å². The summed E-state index contributed by atoms with van der Waals surface area (Å²) in [6.07, 6.45) is 1.14. The first-order chi connectivity index (χ1) is 4.72. The lowest BCUT2D eigenvalue weighted by Crippen LogP contribution is -1.97. The van der Waals surface area contributed by atoms with Crippen LogP contribution in [0.5, 0.6) is 0 Å². The van der Waals surface area contributed by atoms with Gasteiger partial charge in [0.25, 0.3) is 0 Å². The molecule has 0 spiro atoms. The van der Waals surface area contributed by atoms with E-state index < -0.39 is 0 Å². The van der Waals surface area contributed by atoms with Gasteiger partial charge < -0.3 is 9.84 Å². The van der Waals surface area contributed by atoms with Gasteiger partial charge in [-0.3, -0.25) is 0 Å². The lowest BCUT2D eigenvalue weighted by Gasteiger charge is -1.90. The molecule has 0 aliphatic heterocycles. The third-order valence-electron chi connectivity index (χ3n) is 0.453. The summed E-state index contributed by atoms with van der Waals surface area (Å²) in [4.78, 5) is 10.1. The van der Waals surface area contributed by atoms with Crippen molar-refractivity contribution >= 4 is 5.97 Å². The van der Waals surface area contributed by atoms with Crippen molar-refractivity contribution in [1.29, 1.82) is 0 Å². The van der Waals surface area contributed by atoms with E-state index in [9.17, 15) is 4.79 Å². The molecular weight excluding hydrogens is 132 g/mol. The van der Waals surface area contributed by atoms with E-state index >= 15 is 0 Å². The highest BCUT2D eigenvalue weighted by atomic mass is 16.5. The van der Waals surface area contributed by atoms with Crippen molar-refractivity contribution in [2.75, 3.05) is 13.2 Å². The Hall–Kier alpha value is -0.830. The first-order valence-corrected chi connectivity index (χ1v) is 2.92. The van der Waals surface area contributed by atoms with Crippen LogP contribution in [-0.4, -0.2) is 24.3 Å². The summed E-state index contributed by atoms with van der Waals surface area (Å²) < 4.78 is 4.43. The summed E-state index contributed by atoms with van der Waals surface area (Å²) >= 11 is 0. The quantitative estimate of drug-likeness (QED) is 0.456. The molecule has 1 radical (unpaired) electrons. The molecule has 0 aliphatic carbocycles. The smallest absolute Gasteiger partial charge is 0.330 e. The third-order valence-corrected chi connectivity index (χ3v) is 0.453. The number of carbonyl (C=O) groups excluding carboxylic acids is 1. The van der Waals surface area contributed by atoms with Gasteiger partial charge in [-0.15, -0.1) is 0 Å². The molecule has 3 nitrogen and oxygen atoms in total. The number of hydrogen-bond donors (Lipinski definition) is 1. The van der Waals surface area contributed by atoms with Crippen LogP contribution in [0.3, 0.4) is 0 Å². The first-order valence-electron chi connectivity index (χ1n) is 2.92. The lowest BCUT2D eigenvalue weighted by molar-refractivity contribution is -0.137. The average molecular weight is 145 g/mol. The fraction of sp³-hybridized carbons (Fsp3) is 0.429. The van der Waals surface area contributed by atoms with E-state index in [2.05, 4.69) is 18.2 Å². The summed E-state index contributed by atoms with van der Waals surface area (Å²) in [6, 6.07) is 0. The van der Waals surface area contributed by atoms with Crippen LogP contribution in [-0.2, 0) is 9.53 Å². The predicted molar refractivity (Wildman–Crippen MR) is 39.3 cm³/mol. The first kappa shape index (κ1) is 11.9. The largest absolute Gasteiger partial charge is 0.463 e. The van der Waals surface area contributed by atoms with Crippen LogP contribution in [0.1, 0.15) is 6.92 Å². The van der Waals surface area contributed by atoms with Gasteiger partial charge in [0.1, 0.15) is 0 Å². The van der Waals surface area contributed by atoms with Gasteiger partial charge in [0.2, 0.25) is 0 Å². The van der Waals surface area contributed by atoms with Crippen LogP contribution < -0.4 is 0 Å². The summed E-state index contributed by atoms with van der Waals surface area (Å²) in [5, 5.41) is 7.46. The van der Waals surface area contributed by atoms with Crippen LogP contribution in [0.15, 0.2) is 12.7 Å². The lowest BCUT2D eigenvalue weighted by atomic mass is 10.6. The molecule has 0 saturated carbocycles. The Morgan fingerprint density at radius 2 is 2.20 bits per heavy atom. The summed E-state index contributed by atoms with van der Waals surface area (Å²) in [5.74, 6) is -0.359. The standard InChI is InChI=1S/C5H8O2.C2H5O/c1-3-5(6)7-4-2;1-2-3/h3H,1,4H2,2H3;3H,1-2H2. The Labute approximate surface area is 61.3 Å². The topological polar surface area (TPSA) is 46.5 Å². The van der Waals surface area contributed by atoms with Crippen molar-refractivity contribution in [3.05, 3.63) is 19.6 Å². The molecule has 10 heavy (non-hydrogen) atoms. The van der Waals surface area contributed by atoms with Gasteiger partial charge in [0, 0.05) is 12.7 Å². The molecule has 0 heterocycles. The molecule has 0 aliphatic rings. The van der Waals surface area contributed by atoms with Gasteiger partial charge in [-0.1, -0.05) is 6.58 Å². The van der Waals surface area contributed by atoms with E-state index in [0.717, 1.165) is 6.08 Å². The molecule has 0 saturated heterocycles. The zero-order valence-corrected chi connectivity index (χ0v) is 6.17. The van der Waals surface area contributed by atoms with E-state index in [1.54, 1.807) is 6.92 Å². The van der Waals surface area contributed by atoms with Gasteiger partial charge in [0.05, 0.1) is 6.61 Å². The molecule has 0 bridgehead atoms. The molecule has 0 aromatic rings. The Morgan fingerprint density at radius 1 is 1.80 bits per heavy atom. The minimum atomic E-state index is -0.359. The fourth-order valence-corrected chi connectivity index (χ4v) is 0.201. The Balaban J connectivity index is 0. The second kappa shape index (κ2) is 11.0. The second-order valence-corrected chi connectivity index (χ2v) is 1.18. The fourth-order valence-electron chi connectivity index (χ4n) is 0.201. The van der Waals surface area contributed by atoms with Crippen molar-refractivity contribution in [1.82, 2.24) is 0 Å². The normalized spacial score (nSPS) is 7.10. The number of rotatable bonds is 2. The molecule has 0 amide bonds. The van der Waals surface area contributed by atoms with E-state index in [4.69, 9.17) is 5.11 Å². The van der Waals surface area contributed by atoms with Crippen LogP contribution in [0.2, 0.25) is 0 Å². The molecule has 0 rings (SSSR count). The maximum Gasteiger partial charge on any atom is 0.330 e. The maximum absolute atomic E-state index is 10.1. The molecule has 59 valence electrons. The molecule has 0 aromatic carbocycles. The van der Waals surface area contributed by atoms with Crippen molar-refractivity contribution in [2.24, 2.45) is 0 Å². The minimum absolute atomic E-state index is 0. The van der Waals surface area contributed by atoms with Crippen molar-refractivity contribution in [3.8, 4) is 0 Å². The third kappa shape index (κ3) is 15.7. The van der Waals surface area contributed by atoms with E-state index in [0.29, 0.717) is 6.61 Å². The second-order valence-electron chi connectivity index (χ2n) is 1.18. The Morgan fingerprint density at radius 3 is 2.30 bits per heavy atom. The Kier molecular flexibility index (Phi) is 13.1. The Bertz CT molecular complexity index is 88.9. The van der Waals surface area contributed by atoms with Crippen molar-refractivity contribution in [2.45, 2.75) is 6.92 Å². The zero-order chi connectivity index (χ0) is 8.41. The number of esters is 1. The average Bonchev–Trinajstić information content (AvgIpc) is 1.90. The van der Waals surface area contributed by atoms with Gasteiger partial charge in [-0.25, -0.2) is 4.79 Å². The SMILES string of the molecule is C=CC(=O)OCC.[CH2]CO. The van der Waals surface area contributed by atoms with Crippen LogP contribution in [0.25, 0.3) is 0 Å². The highest BCUT2D eigenvalue weighted by Crippen LogP contribution is 1.74. The molecule has 0 fully saturated rings. The summed E-state index contributed by atoms with van der Waals surface area (Å²) in [7, 11) is 0. The van der Waals surface area contributed by atoms with E-state index in [1.807, 2.05) is 0 Å². The number of aliphatic hydroxyl groups is 1. The van der Waals surface area contributed by atoms with E-state index in [-0.39, 0.29) is 12.6 Å². The minimum Gasteiger partial charge on any atom is -0.463 e. The maximum atomic E-state index is 10.1. The predicted octanol–water partition coefficient (Wildman–Crippen LogP) is 0.548.